The summed E-state index contributed by atoms with van der Waals surface area (Å²) in [4.78, 5) is 37.7. The summed E-state index contributed by atoms with van der Waals surface area (Å²) in [5.41, 5.74) is -1.37. The third-order valence-corrected chi connectivity index (χ3v) is 6.22. The Morgan fingerprint density at radius 2 is 1.84 bits per heavy atom. The van der Waals surface area contributed by atoms with E-state index in [-0.39, 0.29) is 13.2 Å². The lowest BCUT2D eigenvalue weighted by Gasteiger charge is -2.31. The van der Waals surface area contributed by atoms with E-state index in [9.17, 15) is 19.5 Å². The summed E-state index contributed by atoms with van der Waals surface area (Å²) in [5, 5.41) is 10.9. The van der Waals surface area contributed by atoms with Crippen LogP contribution in [-0.2, 0) is 28.6 Å². The van der Waals surface area contributed by atoms with Crippen LogP contribution in [0.25, 0.3) is 0 Å². The minimum Gasteiger partial charge on any atom is -0.493 e. The monoisotopic (exact) mass is 522 g/mol. The van der Waals surface area contributed by atoms with Crippen LogP contribution in [0, 0.1) is 0 Å². The number of unbranched alkanes of at least 4 members (excludes halogenated alkanes) is 2. The van der Waals surface area contributed by atoms with Gasteiger partial charge in [0.1, 0.15) is 12.2 Å². The number of carbonyl (C=O) groups excluding carboxylic acids is 3. The molecule has 4 atom stereocenters. The van der Waals surface area contributed by atoms with Crippen molar-refractivity contribution in [1.82, 2.24) is 0 Å². The molecule has 0 unspecified atom stereocenters. The number of carbonyl (C=O) groups is 3. The molecule has 0 saturated carbocycles. The molecule has 10 nitrogen and oxygen atoms in total. The normalized spacial score (nSPS) is 16.7. The van der Waals surface area contributed by atoms with E-state index < -0.39 is 41.8 Å². The van der Waals surface area contributed by atoms with E-state index >= 15 is 0 Å². The highest BCUT2D eigenvalue weighted by Gasteiger charge is 2.43. The number of fused-ring (bicyclic) bond motifs is 1. The van der Waals surface area contributed by atoms with Crippen molar-refractivity contribution in [3.63, 3.8) is 0 Å². The lowest BCUT2D eigenvalue weighted by atomic mass is 9.99. The molecule has 1 aromatic carbocycles. The Hall–Kier alpha value is -3.27. The number of hydrogen-bond donors (Lipinski definition) is 1. The van der Waals surface area contributed by atoms with Gasteiger partial charge in [-0.2, -0.15) is 0 Å². The zero-order chi connectivity index (χ0) is 27.8. The predicted octanol–water partition coefficient (Wildman–Crippen LogP) is 4.17. The second kappa shape index (κ2) is 13.3. The maximum atomic E-state index is 13.0. The topological polar surface area (TPSA) is 127 Å². The zero-order valence-electron chi connectivity index (χ0n) is 22.6. The number of aliphatic hydroxyl groups is 1. The summed E-state index contributed by atoms with van der Waals surface area (Å²) in [6.07, 6.45) is 0.950. The largest absolute Gasteiger partial charge is 0.493 e. The van der Waals surface area contributed by atoms with Gasteiger partial charge in [0.15, 0.2) is 23.2 Å². The van der Waals surface area contributed by atoms with E-state index in [2.05, 4.69) is 0 Å². The number of hydrogen-bond acceptors (Lipinski definition) is 10. The SMILES string of the molecule is C/C=C(/C)C(=O)O[C@H](c1cc(OC)c2c(c1)OCO2)[C@H](C)OC(=O)[C@](C)(O)[C@H](C)OC(=O)CCCCC. The summed E-state index contributed by atoms with van der Waals surface area (Å²) in [7, 11) is 1.46. The molecule has 0 radical (unpaired) electrons. The van der Waals surface area contributed by atoms with E-state index in [1.165, 1.54) is 27.9 Å². The number of rotatable bonds is 13. The van der Waals surface area contributed by atoms with Crippen molar-refractivity contribution in [1.29, 1.82) is 0 Å². The lowest BCUT2D eigenvalue weighted by Crippen LogP contribution is -2.49. The third kappa shape index (κ3) is 7.61. The smallest absolute Gasteiger partial charge is 0.342 e. The van der Waals surface area contributed by atoms with Gasteiger partial charge in [-0.05, 0) is 53.2 Å². The van der Waals surface area contributed by atoms with Gasteiger partial charge in [0.2, 0.25) is 12.5 Å². The molecule has 2 rings (SSSR count). The Bertz CT molecular complexity index is 997. The van der Waals surface area contributed by atoms with E-state index in [1.54, 1.807) is 32.1 Å². The Balaban J connectivity index is 2.25. The molecule has 0 aliphatic carbocycles. The maximum absolute atomic E-state index is 13.0. The second-order valence-corrected chi connectivity index (χ2v) is 9.10. The average molecular weight is 523 g/mol. The van der Waals surface area contributed by atoms with Crippen LogP contribution in [0.2, 0.25) is 0 Å². The van der Waals surface area contributed by atoms with E-state index in [4.69, 9.17) is 28.4 Å². The Morgan fingerprint density at radius 3 is 2.46 bits per heavy atom. The highest BCUT2D eigenvalue weighted by molar-refractivity contribution is 5.88. The Kier molecular flexibility index (Phi) is 10.8. The summed E-state index contributed by atoms with van der Waals surface area (Å²) >= 11 is 0. The first-order valence-electron chi connectivity index (χ1n) is 12.4. The van der Waals surface area contributed by atoms with Gasteiger partial charge in [0.25, 0.3) is 0 Å². The van der Waals surface area contributed by atoms with Gasteiger partial charge < -0.3 is 33.5 Å². The molecule has 10 heteroatoms. The van der Waals surface area contributed by atoms with Crippen LogP contribution >= 0.6 is 0 Å². The first kappa shape index (κ1) is 30.0. The number of methoxy groups -OCH3 is 1. The second-order valence-electron chi connectivity index (χ2n) is 9.10. The van der Waals surface area contributed by atoms with Crippen LogP contribution < -0.4 is 14.2 Å². The first-order chi connectivity index (χ1) is 17.5. The molecule has 1 N–H and O–H groups in total. The van der Waals surface area contributed by atoms with Gasteiger partial charge in [-0.1, -0.05) is 25.8 Å². The van der Waals surface area contributed by atoms with E-state index in [0.29, 0.717) is 34.8 Å². The quantitative estimate of drug-likeness (QED) is 0.174. The number of benzene rings is 1. The van der Waals surface area contributed by atoms with Crippen LogP contribution in [0.4, 0.5) is 0 Å². The van der Waals surface area contributed by atoms with Crippen LogP contribution in [0.15, 0.2) is 23.8 Å². The first-order valence-corrected chi connectivity index (χ1v) is 12.4. The number of allylic oxidation sites excluding steroid dienone is 1. The molecule has 1 aliphatic heterocycles. The predicted molar refractivity (Wildman–Crippen MR) is 133 cm³/mol. The molecule has 1 aromatic rings. The lowest BCUT2D eigenvalue weighted by molar-refractivity contribution is -0.193. The van der Waals surface area contributed by atoms with Crippen molar-refractivity contribution < 1.29 is 47.9 Å². The van der Waals surface area contributed by atoms with Crippen molar-refractivity contribution in [2.75, 3.05) is 13.9 Å². The van der Waals surface area contributed by atoms with Gasteiger partial charge in [0.05, 0.1) is 7.11 Å². The number of esters is 3. The zero-order valence-corrected chi connectivity index (χ0v) is 22.6. The van der Waals surface area contributed by atoms with Crippen molar-refractivity contribution >= 4 is 17.9 Å². The highest BCUT2D eigenvalue weighted by atomic mass is 16.7. The molecule has 0 fully saturated rings. The molecule has 37 heavy (non-hydrogen) atoms. The standard InChI is InChI=1S/C27H38O10/c1-8-10-11-12-22(28)36-18(5)27(6,31)26(30)35-17(4)23(37-25(29)16(3)9-2)19-13-20(32-7)24-21(14-19)33-15-34-24/h9,13-14,17-18,23,31H,8,10-12,15H2,1-7H3/b16-9-/t17-,18-,23-,27+/m0/s1. The number of ether oxygens (including phenoxy) is 6. The molecular formula is C27H38O10. The minimum atomic E-state index is -2.14. The molecule has 0 amide bonds. The highest BCUT2D eigenvalue weighted by Crippen LogP contribution is 2.44. The Morgan fingerprint density at radius 1 is 1.14 bits per heavy atom. The van der Waals surface area contributed by atoms with Gasteiger partial charge in [-0.3, -0.25) is 4.79 Å². The molecule has 1 aliphatic rings. The van der Waals surface area contributed by atoms with Gasteiger partial charge >= 0.3 is 17.9 Å². The van der Waals surface area contributed by atoms with Gasteiger partial charge in [-0.15, -0.1) is 0 Å². The van der Waals surface area contributed by atoms with Gasteiger partial charge in [0, 0.05) is 17.6 Å². The van der Waals surface area contributed by atoms with Crippen LogP contribution in [0.3, 0.4) is 0 Å². The van der Waals surface area contributed by atoms with E-state index in [1.807, 2.05) is 6.92 Å². The van der Waals surface area contributed by atoms with Crippen LogP contribution in [0.5, 0.6) is 17.2 Å². The molecule has 0 spiro atoms. The fourth-order valence-electron chi connectivity index (χ4n) is 3.48. The molecule has 1 heterocycles. The van der Waals surface area contributed by atoms with Crippen molar-refractivity contribution in [3.8, 4) is 17.2 Å². The van der Waals surface area contributed by atoms with Crippen LogP contribution in [0.1, 0.15) is 78.9 Å². The fourth-order valence-corrected chi connectivity index (χ4v) is 3.48. The maximum Gasteiger partial charge on any atom is 0.342 e. The molecule has 206 valence electrons. The summed E-state index contributed by atoms with van der Waals surface area (Å²) < 4.78 is 32.8. The fraction of sp³-hybridized carbons (Fsp3) is 0.593. The molecule has 0 bridgehead atoms. The third-order valence-electron chi connectivity index (χ3n) is 6.22. The van der Waals surface area contributed by atoms with E-state index in [0.717, 1.165) is 12.8 Å². The molecule has 0 aromatic heterocycles. The van der Waals surface area contributed by atoms with Gasteiger partial charge in [-0.25, -0.2) is 9.59 Å². The van der Waals surface area contributed by atoms with Crippen LogP contribution in [-0.4, -0.2) is 54.7 Å². The summed E-state index contributed by atoms with van der Waals surface area (Å²) in [6, 6.07) is 3.20. The molecule has 0 saturated heterocycles. The molecular weight excluding hydrogens is 484 g/mol. The van der Waals surface area contributed by atoms with Crippen molar-refractivity contribution in [2.45, 2.75) is 91.1 Å². The summed E-state index contributed by atoms with van der Waals surface area (Å²) in [5.74, 6) is -1.03. The van der Waals surface area contributed by atoms with Crippen molar-refractivity contribution in [2.24, 2.45) is 0 Å². The van der Waals surface area contributed by atoms with Crippen molar-refractivity contribution in [3.05, 3.63) is 29.3 Å². The average Bonchev–Trinajstić information content (AvgIpc) is 3.34. The Labute approximate surface area is 217 Å². The minimum absolute atomic E-state index is 0.000257. The summed E-state index contributed by atoms with van der Waals surface area (Å²) in [6.45, 7) is 9.45.